The van der Waals surface area contributed by atoms with Crippen molar-refractivity contribution in [3.8, 4) is 0 Å². The third-order valence-electron chi connectivity index (χ3n) is 8.67. The Morgan fingerprint density at radius 3 is 2.12 bits per heavy atom. The van der Waals surface area contributed by atoms with E-state index in [-0.39, 0.29) is 22.9 Å². The fraction of sp³-hybridized carbons (Fsp3) is 0.297. The van der Waals surface area contributed by atoms with E-state index in [4.69, 9.17) is 11.6 Å². The smallest absolute Gasteiger partial charge is 0.352 e. The minimum absolute atomic E-state index is 0.00415. The predicted molar refractivity (Wildman–Crippen MR) is 183 cm³/mol. The highest BCUT2D eigenvalue weighted by Gasteiger charge is 2.38. The fourth-order valence-corrected chi connectivity index (χ4v) is 7.69. The number of halogens is 5. The average Bonchev–Trinajstić information content (AvgIpc) is 3.10. The van der Waals surface area contributed by atoms with Gasteiger partial charge in [-0.1, -0.05) is 97.6 Å². The second kappa shape index (κ2) is 16.1. The number of amides is 2. The molecule has 1 fully saturated rings. The lowest BCUT2D eigenvalue weighted by Gasteiger charge is -2.35. The van der Waals surface area contributed by atoms with Crippen molar-refractivity contribution in [1.29, 1.82) is 0 Å². The fourth-order valence-electron chi connectivity index (χ4n) is 6.04. The molecule has 2 amide bonds. The van der Waals surface area contributed by atoms with E-state index in [9.17, 15) is 31.2 Å². The van der Waals surface area contributed by atoms with E-state index in [0.717, 1.165) is 49.1 Å². The maximum absolute atomic E-state index is 15.1. The highest BCUT2D eigenvalue weighted by Crippen LogP contribution is 2.38. The van der Waals surface area contributed by atoms with Gasteiger partial charge in [0.15, 0.2) is 0 Å². The van der Waals surface area contributed by atoms with Crippen LogP contribution in [0.1, 0.15) is 48.8 Å². The van der Waals surface area contributed by atoms with Gasteiger partial charge in [-0.15, -0.1) is 0 Å². The monoisotopic (exact) mass is 729 g/mol. The molecule has 0 saturated heterocycles. The summed E-state index contributed by atoms with van der Waals surface area (Å²) in [4.78, 5) is 29.5. The molecule has 1 N–H and O–H groups in total. The van der Waals surface area contributed by atoms with Crippen LogP contribution in [-0.4, -0.2) is 43.8 Å². The average molecular weight is 730 g/mol. The van der Waals surface area contributed by atoms with Crippen molar-refractivity contribution < 1.29 is 35.6 Å². The summed E-state index contributed by atoms with van der Waals surface area (Å²) in [7, 11) is -4.67. The Labute approximate surface area is 293 Å². The number of sulfonamides is 1. The second-order valence-corrected chi connectivity index (χ2v) is 14.4. The first-order chi connectivity index (χ1) is 23.8. The molecule has 4 aromatic carbocycles. The zero-order chi connectivity index (χ0) is 35.9. The molecular formula is C37H36ClF4N3O4S. The lowest BCUT2D eigenvalue weighted by molar-refractivity contribution is -0.140. The van der Waals surface area contributed by atoms with Crippen molar-refractivity contribution in [2.45, 2.75) is 68.2 Å². The van der Waals surface area contributed by atoms with Crippen LogP contribution in [0.25, 0.3) is 0 Å². The summed E-state index contributed by atoms with van der Waals surface area (Å²) in [6, 6.07) is 22.6. The maximum atomic E-state index is 15.1. The van der Waals surface area contributed by atoms with Crippen LogP contribution in [0.15, 0.2) is 108 Å². The number of hydrogen-bond acceptors (Lipinski definition) is 4. The van der Waals surface area contributed by atoms with Crippen molar-refractivity contribution in [3.05, 3.63) is 131 Å². The molecule has 0 bridgehead atoms. The van der Waals surface area contributed by atoms with E-state index in [0.29, 0.717) is 15.9 Å². The number of carbonyl (C=O) groups excluding carboxylic acids is 2. The van der Waals surface area contributed by atoms with Crippen LogP contribution < -0.4 is 9.62 Å². The van der Waals surface area contributed by atoms with Gasteiger partial charge in [0.25, 0.3) is 10.0 Å². The topological polar surface area (TPSA) is 86.8 Å². The molecule has 1 saturated carbocycles. The van der Waals surface area contributed by atoms with Crippen LogP contribution in [0.4, 0.5) is 23.2 Å². The zero-order valence-corrected chi connectivity index (χ0v) is 28.5. The van der Waals surface area contributed by atoms with Gasteiger partial charge in [-0.25, -0.2) is 12.8 Å². The van der Waals surface area contributed by atoms with E-state index >= 15 is 4.39 Å². The standard InChI is InChI=1S/C37H36ClF4N3O4S/c38-32-21-20-29(23-31(32)37(40,41)42)45(50(48,49)30-17-8-3-9-18-30)25-35(46)44(24-27-14-10-11-19-33(27)39)34(22-26-12-4-1-5-13-26)36(47)43-28-15-6-2-7-16-28/h1,3-5,8-14,17-21,23,28,34H,2,6-7,15-16,22,24-25H2,(H,43,47)/t34-/m0/s1. The summed E-state index contributed by atoms with van der Waals surface area (Å²) >= 11 is 5.87. The number of carbonyl (C=O) groups is 2. The molecule has 0 unspecified atom stereocenters. The van der Waals surface area contributed by atoms with E-state index in [2.05, 4.69) is 5.32 Å². The minimum Gasteiger partial charge on any atom is -0.352 e. The van der Waals surface area contributed by atoms with Crippen LogP contribution >= 0.6 is 11.6 Å². The quantitative estimate of drug-likeness (QED) is 0.151. The Hall–Kier alpha value is -4.42. The highest BCUT2D eigenvalue weighted by atomic mass is 35.5. The molecule has 0 heterocycles. The summed E-state index contributed by atoms with van der Waals surface area (Å²) in [5.74, 6) is -2.09. The van der Waals surface area contributed by atoms with E-state index in [1.165, 1.54) is 42.5 Å². The van der Waals surface area contributed by atoms with Crippen LogP contribution in [0, 0.1) is 5.82 Å². The summed E-state index contributed by atoms with van der Waals surface area (Å²) in [5, 5.41) is 2.39. The molecule has 4 aromatic rings. The molecule has 1 aliphatic rings. The van der Waals surface area contributed by atoms with Gasteiger partial charge < -0.3 is 10.2 Å². The largest absolute Gasteiger partial charge is 0.417 e. The Kier molecular flexibility index (Phi) is 11.8. The molecule has 0 radical (unpaired) electrons. The highest BCUT2D eigenvalue weighted by molar-refractivity contribution is 7.92. The number of benzene rings is 4. The number of nitrogens with one attached hydrogen (secondary N) is 1. The van der Waals surface area contributed by atoms with Crippen LogP contribution in [0.2, 0.25) is 5.02 Å². The summed E-state index contributed by atoms with van der Waals surface area (Å²) in [6.07, 6.45) is -0.583. The lowest BCUT2D eigenvalue weighted by atomic mass is 9.94. The molecule has 0 spiro atoms. The van der Waals surface area contributed by atoms with Crippen LogP contribution in [0.5, 0.6) is 0 Å². The Morgan fingerprint density at radius 2 is 1.48 bits per heavy atom. The molecule has 50 heavy (non-hydrogen) atoms. The number of hydrogen-bond donors (Lipinski definition) is 1. The normalized spacial score (nSPS) is 14.5. The maximum Gasteiger partial charge on any atom is 0.417 e. The van der Waals surface area contributed by atoms with Crippen LogP contribution in [-0.2, 0) is 38.8 Å². The Bertz CT molecular complexity index is 1890. The number of rotatable bonds is 12. The zero-order valence-electron chi connectivity index (χ0n) is 27.0. The first-order valence-corrected chi connectivity index (χ1v) is 18.0. The first-order valence-electron chi connectivity index (χ1n) is 16.2. The molecule has 1 aliphatic carbocycles. The Balaban J connectivity index is 1.61. The van der Waals surface area contributed by atoms with E-state index < -0.39 is 69.2 Å². The van der Waals surface area contributed by atoms with Crippen molar-refractivity contribution in [3.63, 3.8) is 0 Å². The first kappa shape index (κ1) is 36.9. The van der Waals surface area contributed by atoms with Crippen molar-refractivity contribution >= 4 is 39.1 Å². The second-order valence-electron chi connectivity index (χ2n) is 12.1. The molecular weight excluding hydrogens is 694 g/mol. The molecule has 7 nitrogen and oxygen atoms in total. The van der Waals surface area contributed by atoms with Gasteiger partial charge >= 0.3 is 6.18 Å². The number of nitrogens with zero attached hydrogens (tertiary/aromatic N) is 2. The summed E-state index contributed by atoms with van der Waals surface area (Å²) < 4.78 is 85.8. The summed E-state index contributed by atoms with van der Waals surface area (Å²) in [5.41, 5.74) is -1.03. The molecule has 264 valence electrons. The van der Waals surface area contributed by atoms with Gasteiger partial charge in [0, 0.05) is 24.6 Å². The van der Waals surface area contributed by atoms with Gasteiger partial charge in [-0.05, 0) is 54.8 Å². The number of alkyl halides is 3. The van der Waals surface area contributed by atoms with Gasteiger partial charge in [-0.3, -0.25) is 13.9 Å². The molecule has 13 heteroatoms. The predicted octanol–water partition coefficient (Wildman–Crippen LogP) is 7.78. The third kappa shape index (κ3) is 9.02. The van der Waals surface area contributed by atoms with Gasteiger partial charge in [0.1, 0.15) is 18.4 Å². The SMILES string of the molecule is O=C(NC1CCCCC1)[C@H](Cc1ccccc1)N(Cc1ccccc1F)C(=O)CN(c1ccc(Cl)c(C(F)(F)F)c1)S(=O)(=O)c1ccccc1. The van der Waals surface area contributed by atoms with E-state index in [1.54, 1.807) is 42.5 Å². The van der Waals surface area contributed by atoms with E-state index in [1.807, 2.05) is 0 Å². The Morgan fingerprint density at radius 1 is 0.860 bits per heavy atom. The van der Waals surface area contributed by atoms with Crippen LogP contribution in [0.3, 0.4) is 0 Å². The van der Waals surface area contributed by atoms with Gasteiger partial charge in [0.05, 0.1) is 21.2 Å². The number of anilines is 1. The minimum atomic E-state index is -4.94. The van der Waals surface area contributed by atoms with Gasteiger partial charge in [-0.2, -0.15) is 13.2 Å². The molecule has 5 rings (SSSR count). The van der Waals surface area contributed by atoms with Gasteiger partial charge in [0.2, 0.25) is 11.8 Å². The lowest BCUT2D eigenvalue weighted by Crippen LogP contribution is -2.55. The molecule has 0 aromatic heterocycles. The van der Waals surface area contributed by atoms with Crippen molar-refractivity contribution in [2.24, 2.45) is 0 Å². The van der Waals surface area contributed by atoms with Crippen molar-refractivity contribution in [2.75, 3.05) is 10.8 Å². The summed E-state index contributed by atoms with van der Waals surface area (Å²) in [6.45, 7) is -1.43. The van der Waals surface area contributed by atoms with Crippen molar-refractivity contribution in [1.82, 2.24) is 10.2 Å². The third-order valence-corrected chi connectivity index (χ3v) is 10.8. The molecule has 0 aliphatic heterocycles. The molecule has 1 atom stereocenters.